The van der Waals surface area contributed by atoms with E-state index in [0.717, 1.165) is 5.92 Å². The Bertz CT molecular complexity index is 94.7. The Morgan fingerprint density at radius 1 is 1.25 bits per heavy atom. The third-order valence-electron chi connectivity index (χ3n) is 2.73. The summed E-state index contributed by atoms with van der Waals surface area (Å²) in [4.78, 5) is 0. The normalized spacial score (nSPS) is 49.9. The summed E-state index contributed by atoms with van der Waals surface area (Å²) in [6.07, 6.45) is 5.43. The number of nitrogens with two attached hydrogens (primary N) is 1. The average molecular weight is 134 g/mol. The van der Waals surface area contributed by atoms with Crippen LogP contribution < -0.4 is 5.73 Å². The van der Waals surface area contributed by atoms with Crippen LogP contribution in [0.15, 0.2) is 0 Å². The van der Waals surface area contributed by atoms with E-state index in [4.69, 9.17) is 5.73 Å². The van der Waals surface area contributed by atoms with E-state index < -0.39 is 0 Å². The summed E-state index contributed by atoms with van der Waals surface area (Å²) in [7, 11) is 0. The van der Waals surface area contributed by atoms with Crippen LogP contribution in [0.3, 0.4) is 0 Å². The smallest absolute Gasteiger partial charge is 0.0183 e. The van der Waals surface area contributed by atoms with Crippen LogP contribution >= 0.6 is 12.4 Å². The number of halogens is 1. The summed E-state index contributed by atoms with van der Waals surface area (Å²) >= 11 is 0. The van der Waals surface area contributed by atoms with Crippen molar-refractivity contribution in [2.45, 2.75) is 31.2 Å². The molecule has 48 valence electrons. The van der Waals surface area contributed by atoms with Crippen molar-refractivity contribution < 1.29 is 0 Å². The number of fused-ring (bicyclic) bond motifs is 1. The van der Waals surface area contributed by atoms with Crippen molar-refractivity contribution in [2.24, 2.45) is 11.7 Å². The molecule has 0 heterocycles. The molecule has 2 saturated carbocycles. The Kier molecular flexibility index (Phi) is 1.28. The molecule has 2 N–H and O–H groups in total. The molecule has 0 radical (unpaired) electrons. The van der Waals surface area contributed by atoms with E-state index in [2.05, 4.69) is 0 Å². The fourth-order valence-electron chi connectivity index (χ4n) is 1.71. The van der Waals surface area contributed by atoms with Crippen molar-refractivity contribution in [3.05, 3.63) is 0 Å². The van der Waals surface area contributed by atoms with Gasteiger partial charge in [0.05, 0.1) is 0 Å². The quantitative estimate of drug-likeness (QED) is 0.530. The van der Waals surface area contributed by atoms with E-state index in [0.29, 0.717) is 5.54 Å². The second kappa shape index (κ2) is 1.61. The fraction of sp³-hybridized carbons (Fsp3) is 1.00. The van der Waals surface area contributed by atoms with Gasteiger partial charge in [-0.3, -0.25) is 0 Å². The van der Waals surface area contributed by atoms with Crippen molar-refractivity contribution in [1.29, 1.82) is 0 Å². The number of hydrogen-bond donors (Lipinski definition) is 1. The first-order valence-corrected chi connectivity index (χ1v) is 3.10. The zero-order chi connectivity index (χ0) is 4.91. The molecule has 0 saturated heterocycles. The molecule has 2 fully saturated rings. The van der Waals surface area contributed by atoms with Gasteiger partial charge in [-0.1, -0.05) is 0 Å². The maximum absolute atomic E-state index is 5.85. The van der Waals surface area contributed by atoms with E-state index in [-0.39, 0.29) is 12.4 Å². The lowest BCUT2D eigenvalue weighted by atomic mass is 9.54. The first kappa shape index (κ1) is 6.37. The summed E-state index contributed by atoms with van der Waals surface area (Å²) in [5.74, 6) is 0.937. The molecule has 0 aliphatic heterocycles. The van der Waals surface area contributed by atoms with Gasteiger partial charge in [0.2, 0.25) is 0 Å². The monoisotopic (exact) mass is 133 g/mol. The molecule has 1 nitrogen and oxygen atoms in total. The van der Waals surface area contributed by atoms with Crippen molar-refractivity contribution in [3.63, 3.8) is 0 Å². The number of hydrogen-bond acceptors (Lipinski definition) is 1. The Morgan fingerprint density at radius 3 is 1.62 bits per heavy atom. The second-order valence-corrected chi connectivity index (χ2v) is 3.01. The largest absolute Gasteiger partial charge is 0.325 e. The molecule has 2 heteroatoms. The lowest BCUT2D eigenvalue weighted by molar-refractivity contribution is 0.0158. The molecule has 2 aliphatic rings. The summed E-state index contributed by atoms with van der Waals surface area (Å²) in [5, 5.41) is 0. The van der Waals surface area contributed by atoms with E-state index in [1.54, 1.807) is 0 Å². The molecule has 0 aromatic rings. The van der Waals surface area contributed by atoms with Gasteiger partial charge in [0, 0.05) is 5.54 Å². The highest BCUT2D eigenvalue weighted by Crippen LogP contribution is 2.51. The molecule has 0 spiro atoms. The van der Waals surface area contributed by atoms with Gasteiger partial charge in [-0.2, -0.15) is 0 Å². The molecule has 0 atom stereocenters. The minimum Gasteiger partial charge on any atom is -0.325 e. The van der Waals surface area contributed by atoms with E-state index >= 15 is 0 Å². The van der Waals surface area contributed by atoms with Crippen molar-refractivity contribution in [3.8, 4) is 0 Å². The van der Waals surface area contributed by atoms with Gasteiger partial charge in [0.15, 0.2) is 0 Å². The van der Waals surface area contributed by atoms with Crippen LogP contribution in [0.5, 0.6) is 0 Å². The minimum absolute atomic E-state index is 0. The highest BCUT2D eigenvalue weighted by molar-refractivity contribution is 5.85. The van der Waals surface area contributed by atoms with Crippen LogP contribution in [0.4, 0.5) is 0 Å². The van der Waals surface area contributed by atoms with Crippen LogP contribution in [0, 0.1) is 5.92 Å². The van der Waals surface area contributed by atoms with E-state index in [1.165, 1.54) is 25.7 Å². The Labute approximate surface area is 56.0 Å². The molecule has 0 amide bonds. The van der Waals surface area contributed by atoms with Crippen molar-refractivity contribution in [1.82, 2.24) is 0 Å². The maximum atomic E-state index is 5.85. The van der Waals surface area contributed by atoms with Crippen LogP contribution in [0.2, 0.25) is 0 Å². The Morgan fingerprint density at radius 2 is 1.62 bits per heavy atom. The average Bonchev–Trinajstić information content (AvgIpc) is 1.67. The third kappa shape index (κ3) is 0.517. The van der Waals surface area contributed by atoms with Crippen LogP contribution in [-0.4, -0.2) is 5.54 Å². The SMILES string of the molecule is Cl.NC12CCC1CC2. The topological polar surface area (TPSA) is 26.0 Å². The Hall–Kier alpha value is 0.250. The van der Waals surface area contributed by atoms with Gasteiger partial charge in [0.25, 0.3) is 0 Å². The van der Waals surface area contributed by atoms with Gasteiger partial charge in [-0.25, -0.2) is 0 Å². The summed E-state index contributed by atoms with van der Waals surface area (Å²) in [6.45, 7) is 0. The maximum Gasteiger partial charge on any atom is 0.0183 e. The minimum atomic E-state index is 0. The predicted molar refractivity (Wildman–Crippen MR) is 36.1 cm³/mol. The predicted octanol–water partition coefficient (Wildman–Crippen LogP) is 1.31. The van der Waals surface area contributed by atoms with Gasteiger partial charge in [-0.15, -0.1) is 12.4 Å². The van der Waals surface area contributed by atoms with Crippen LogP contribution in [0.25, 0.3) is 0 Å². The van der Waals surface area contributed by atoms with Crippen molar-refractivity contribution in [2.75, 3.05) is 0 Å². The first-order valence-electron chi connectivity index (χ1n) is 3.10. The highest BCUT2D eigenvalue weighted by Gasteiger charge is 2.50. The van der Waals surface area contributed by atoms with Crippen LogP contribution in [0.1, 0.15) is 25.7 Å². The second-order valence-electron chi connectivity index (χ2n) is 3.01. The van der Waals surface area contributed by atoms with E-state index in [1.807, 2.05) is 0 Å². The first-order chi connectivity index (χ1) is 3.31. The Balaban J connectivity index is 0.000000320. The molecular weight excluding hydrogens is 122 g/mol. The zero-order valence-corrected chi connectivity index (χ0v) is 5.71. The third-order valence-corrected chi connectivity index (χ3v) is 2.73. The number of rotatable bonds is 0. The van der Waals surface area contributed by atoms with Gasteiger partial charge < -0.3 is 5.73 Å². The molecular formula is C6H12ClN. The zero-order valence-electron chi connectivity index (χ0n) is 4.89. The molecule has 0 unspecified atom stereocenters. The molecule has 8 heavy (non-hydrogen) atoms. The van der Waals surface area contributed by atoms with Gasteiger partial charge in [0.1, 0.15) is 0 Å². The van der Waals surface area contributed by atoms with Crippen LogP contribution in [-0.2, 0) is 0 Å². The summed E-state index contributed by atoms with van der Waals surface area (Å²) in [6, 6.07) is 0. The van der Waals surface area contributed by atoms with Gasteiger partial charge in [-0.05, 0) is 31.6 Å². The summed E-state index contributed by atoms with van der Waals surface area (Å²) < 4.78 is 0. The van der Waals surface area contributed by atoms with Crippen molar-refractivity contribution >= 4 is 12.4 Å². The molecule has 2 aliphatic carbocycles. The fourth-order valence-corrected chi connectivity index (χ4v) is 1.71. The van der Waals surface area contributed by atoms with Gasteiger partial charge >= 0.3 is 0 Å². The lowest BCUT2D eigenvalue weighted by Crippen LogP contribution is -2.61. The molecule has 2 rings (SSSR count). The lowest BCUT2D eigenvalue weighted by Gasteiger charge is -2.56. The highest BCUT2D eigenvalue weighted by atomic mass is 35.5. The molecule has 0 aromatic carbocycles. The molecule has 0 bridgehead atoms. The summed E-state index contributed by atoms with van der Waals surface area (Å²) in [5.41, 5.74) is 6.21. The molecule has 0 aromatic heterocycles. The standard InChI is InChI=1S/C6H11N.ClH/c7-6-3-1-5(6)2-4-6;/h5H,1-4,7H2;1H. The van der Waals surface area contributed by atoms with E-state index in [9.17, 15) is 0 Å².